The van der Waals surface area contributed by atoms with Gasteiger partial charge in [0.15, 0.2) is 15.7 Å². The largest absolute Gasteiger partial charge is 0.449 e. The molecular formula is C11H17NO4S. The molecule has 1 aromatic heterocycles. The lowest BCUT2D eigenvalue weighted by atomic mass is 10.0. The van der Waals surface area contributed by atoms with E-state index >= 15 is 0 Å². The van der Waals surface area contributed by atoms with Crippen LogP contribution in [0.1, 0.15) is 24.4 Å². The number of oxazole rings is 1. The Bertz CT molecular complexity index is 466. The molecule has 0 saturated carbocycles. The highest BCUT2D eigenvalue weighted by Crippen LogP contribution is 2.22. The van der Waals surface area contributed by atoms with E-state index in [1.165, 1.54) is 6.26 Å². The zero-order chi connectivity index (χ0) is 12.3. The van der Waals surface area contributed by atoms with E-state index in [4.69, 9.17) is 9.52 Å². The molecule has 5 nitrogen and oxygen atoms in total. The van der Waals surface area contributed by atoms with Crippen molar-refractivity contribution in [3.05, 3.63) is 17.8 Å². The Labute approximate surface area is 101 Å². The predicted molar refractivity (Wildman–Crippen MR) is 62.4 cm³/mol. The Balaban J connectivity index is 1.95. The van der Waals surface area contributed by atoms with Crippen LogP contribution in [0.2, 0.25) is 0 Å². The number of sulfone groups is 1. The van der Waals surface area contributed by atoms with E-state index in [0.717, 1.165) is 18.5 Å². The third kappa shape index (κ3) is 3.54. The number of aromatic nitrogens is 1. The standard InChI is InChI=1S/C11H17NO4S/c13-4-3-10-7-16-11(12-10)6-9-2-1-5-17(14,15)8-9/h7,9,13H,1-6,8H2. The fourth-order valence-corrected chi connectivity index (χ4v) is 3.97. The minimum absolute atomic E-state index is 0.0454. The van der Waals surface area contributed by atoms with Crippen molar-refractivity contribution in [2.24, 2.45) is 5.92 Å². The first-order chi connectivity index (χ1) is 8.09. The summed E-state index contributed by atoms with van der Waals surface area (Å²) in [6.45, 7) is 0.0454. The highest BCUT2D eigenvalue weighted by Gasteiger charge is 2.26. The van der Waals surface area contributed by atoms with Crippen molar-refractivity contribution < 1.29 is 17.9 Å². The van der Waals surface area contributed by atoms with Gasteiger partial charge in [0, 0.05) is 19.4 Å². The maximum absolute atomic E-state index is 11.5. The van der Waals surface area contributed by atoms with Gasteiger partial charge in [-0.1, -0.05) is 0 Å². The van der Waals surface area contributed by atoms with Gasteiger partial charge in [-0.2, -0.15) is 0 Å². The highest BCUT2D eigenvalue weighted by molar-refractivity contribution is 7.91. The van der Waals surface area contributed by atoms with Gasteiger partial charge in [0.25, 0.3) is 0 Å². The van der Waals surface area contributed by atoms with Crippen LogP contribution >= 0.6 is 0 Å². The normalized spacial score (nSPS) is 23.7. The lowest BCUT2D eigenvalue weighted by Gasteiger charge is -2.20. The maximum atomic E-state index is 11.5. The predicted octanol–water partition coefficient (Wildman–Crippen LogP) is 0.577. The van der Waals surface area contributed by atoms with E-state index in [1.54, 1.807) is 0 Å². The lowest BCUT2D eigenvalue weighted by molar-refractivity contribution is 0.298. The van der Waals surface area contributed by atoms with Gasteiger partial charge in [0.05, 0.1) is 17.2 Å². The molecule has 17 heavy (non-hydrogen) atoms. The second-order valence-corrected chi connectivity index (χ2v) is 6.76. The third-order valence-electron chi connectivity index (χ3n) is 2.99. The van der Waals surface area contributed by atoms with E-state index in [-0.39, 0.29) is 18.3 Å². The Morgan fingerprint density at radius 2 is 2.35 bits per heavy atom. The number of hydrogen-bond acceptors (Lipinski definition) is 5. The molecule has 1 unspecified atom stereocenters. The topological polar surface area (TPSA) is 80.4 Å². The molecule has 1 fully saturated rings. The maximum Gasteiger partial charge on any atom is 0.194 e. The van der Waals surface area contributed by atoms with Gasteiger partial charge in [-0.25, -0.2) is 13.4 Å². The molecule has 1 atom stereocenters. The van der Waals surface area contributed by atoms with Crippen LogP contribution in [0.25, 0.3) is 0 Å². The summed E-state index contributed by atoms with van der Waals surface area (Å²) >= 11 is 0. The summed E-state index contributed by atoms with van der Waals surface area (Å²) in [5.41, 5.74) is 0.723. The van der Waals surface area contributed by atoms with Crippen molar-refractivity contribution in [2.45, 2.75) is 25.7 Å². The van der Waals surface area contributed by atoms with Gasteiger partial charge in [-0.05, 0) is 18.8 Å². The number of hydrogen-bond donors (Lipinski definition) is 1. The minimum Gasteiger partial charge on any atom is -0.449 e. The van der Waals surface area contributed by atoms with Crippen molar-refractivity contribution in [1.82, 2.24) is 4.98 Å². The Hall–Kier alpha value is -0.880. The van der Waals surface area contributed by atoms with Crippen LogP contribution in [-0.4, -0.2) is 36.6 Å². The van der Waals surface area contributed by atoms with E-state index in [0.29, 0.717) is 24.5 Å². The quantitative estimate of drug-likeness (QED) is 0.855. The van der Waals surface area contributed by atoms with Gasteiger partial charge in [-0.3, -0.25) is 0 Å². The molecular weight excluding hydrogens is 242 g/mol. The molecule has 0 radical (unpaired) electrons. The van der Waals surface area contributed by atoms with Crippen LogP contribution < -0.4 is 0 Å². The first kappa shape index (κ1) is 12.6. The molecule has 0 aromatic carbocycles. The summed E-state index contributed by atoms with van der Waals surface area (Å²) < 4.78 is 28.2. The highest BCUT2D eigenvalue weighted by atomic mass is 32.2. The molecule has 1 saturated heterocycles. The summed E-state index contributed by atoms with van der Waals surface area (Å²) in [5, 5.41) is 8.76. The Morgan fingerprint density at radius 3 is 3.06 bits per heavy atom. The molecule has 6 heteroatoms. The molecule has 2 heterocycles. The Morgan fingerprint density at radius 1 is 1.53 bits per heavy atom. The van der Waals surface area contributed by atoms with E-state index < -0.39 is 9.84 Å². The molecule has 0 aliphatic carbocycles. The van der Waals surface area contributed by atoms with E-state index in [9.17, 15) is 8.42 Å². The van der Waals surface area contributed by atoms with Crippen LogP contribution in [0.4, 0.5) is 0 Å². The van der Waals surface area contributed by atoms with Gasteiger partial charge >= 0.3 is 0 Å². The smallest absolute Gasteiger partial charge is 0.194 e. The monoisotopic (exact) mass is 259 g/mol. The Kier molecular flexibility index (Phi) is 3.83. The molecule has 0 spiro atoms. The molecule has 0 bridgehead atoms. The molecule has 1 N–H and O–H groups in total. The zero-order valence-electron chi connectivity index (χ0n) is 9.63. The average Bonchev–Trinajstić information content (AvgIpc) is 2.64. The molecule has 1 aliphatic heterocycles. The molecule has 96 valence electrons. The summed E-state index contributed by atoms with van der Waals surface area (Å²) in [5.74, 6) is 1.25. The van der Waals surface area contributed by atoms with Gasteiger partial charge in [-0.15, -0.1) is 0 Å². The number of nitrogens with zero attached hydrogens (tertiary/aromatic N) is 1. The number of rotatable bonds is 4. The van der Waals surface area contributed by atoms with Gasteiger partial charge in [0.1, 0.15) is 6.26 Å². The van der Waals surface area contributed by atoms with Crippen molar-refractivity contribution in [1.29, 1.82) is 0 Å². The molecule has 1 aromatic rings. The van der Waals surface area contributed by atoms with Crippen LogP contribution in [-0.2, 0) is 22.7 Å². The SMILES string of the molecule is O=S1(=O)CCCC(Cc2nc(CCO)co2)C1. The molecule has 2 rings (SSSR count). The average molecular weight is 259 g/mol. The van der Waals surface area contributed by atoms with Crippen LogP contribution in [0.3, 0.4) is 0 Å². The number of aliphatic hydroxyl groups is 1. The van der Waals surface area contributed by atoms with Crippen molar-refractivity contribution >= 4 is 9.84 Å². The zero-order valence-corrected chi connectivity index (χ0v) is 10.4. The van der Waals surface area contributed by atoms with E-state index in [1.807, 2.05) is 0 Å². The van der Waals surface area contributed by atoms with Crippen LogP contribution in [0.15, 0.2) is 10.7 Å². The van der Waals surface area contributed by atoms with Crippen molar-refractivity contribution in [3.63, 3.8) is 0 Å². The molecule has 1 aliphatic rings. The second-order valence-electron chi connectivity index (χ2n) is 4.53. The first-order valence-electron chi connectivity index (χ1n) is 5.83. The van der Waals surface area contributed by atoms with E-state index in [2.05, 4.69) is 4.98 Å². The van der Waals surface area contributed by atoms with Crippen LogP contribution in [0.5, 0.6) is 0 Å². The molecule has 0 amide bonds. The fraction of sp³-hybridized carbons (Fsp3) is 0.727. The number of aliphatic hydroxyl groups excluding tert-OH is 1. The lowest BCUT2D eigenvalue weighted by Crippen LogP contribution is -2.26. The summed E-state index contributed by atoms with van der Waals surface area (Å²) in [4.78, 5) is 4.22. The second kappa shape index (κ2) is 5.18. The van der Waals surface area contributed by atoms with Crippen molar-refractivity contribution in [3.8, 4) is 0 Å². The summed E-state index contributed by atoms with van der Waals surface area (Å²) in [6.07, 6.45) is 4.23. The van der Waals surface area contributed by atoms with Gasteiger partial charge < -0.3 is 9.52 Å². The van der Waals surface area contributed by atoms with Crippen molar-refractivity contribution in [2.75, 3.05) is 18.1 Å². The van der Waals surface area contributed by atoms with Gasteiger partial charge in [0.2, 0.25) is 0 Å². The first-order valence-corrected chi connectivity index (χ1v) is 7.66. The van der Waals surface area contributed by atoms with Crippen LogP contribution in [0, 0.1) is 5.92 Å². The minimum atomic E-state index is -2.86. The third-order valence-corrected chi connectivity index (χ3v) is 4.88. The summed E-state index contributed by atoms with van der Waals surface area (Å²) in [7, 11) is -2.86. The fourth-order valence-electron chi connectivity index (χ4n) is 2.20. The summed E-state index contributed by atoms with van der Waals surface area (Å²) in [6, 6.07) is 0.